The fourth-order valence-electron chi connectivity index (χ4n) is 3.88. The minimum Gasteiger partial charge on any atom is -0.369 e. The standard InChI is InChI=1S/C24H24ClFN4O2/c25-21-11-18(8-9-22(21)26)13-27-24(32)19-7-4-10-29(16-19)20-12-23(31)30(28-14-20)15-17-5-2-1-3-6-17/h1-3,5-6,8-9,11-12,14,19H,4,7,10,13,15-16H2,(H,27,32). The van der Waals surface area contributed by atoms with Crippen molar-refractivity contribution in [3.05, 3.63) is 93.1 Å². The van der Waals surface area contributed by atoms with Crippen molar-refractivity contribution >= 4 is 23.2 Å². The van der Waals surface area contributed by atoms with Crippen LogP contribution in [-0.4, -0.2) is 28.8 Å². The Hall–Kier alpha value is -3.19. The smallest absolute Gasteiger partial charge is 0.269 e. The average molecular weight is 455 g/mol. The summed E-state index contributed by atoms with van der Waals surface area (Å²) < 4.78 is 14.7. The molecule has 3 aromatic rings. The molecule has 0 spiro atoms. The summed E-state index contributed by atoms with van der Waals surface area (Å²) in [6.07, 6.45) is 3.30. The van der Waals surface area contributed by atoms with Gasteiger partial charge in [-0.2, -0.15) is 5.10 Å². The largest absolute Gasteiger partial charge is 0.369 e. The van der Waals surface area contributed by atoms with Gasteiger partial charge >= 0.3 is 0 Å². The predicted octanol–water partition coefficient (Wildman–Crippen LogP) is 3.62. The zero-order valence-electron chi connectivity index (χ0n) is 17.5. The van der Waals surface area contributed by atoms with E-state index >= 15 is 0 Å². The fraction of sp³-hybridized carbons (Fsp3) is 0.292. The van der Waals surface area contributed by atoms with E-state index in [-0.39, 0.29) is 29.0 Å². The SMILES string of the molecule is O=C(NCc1ccc(F)c(Cl)c1)C1CCCN(c2cnn(Cc3ccccc3)c(=O)c2)C1. The highest BCUT2D eigenvalue weighted by atomic mass is 35.5. The molecule has 1 N–H and O–H groups in total. The Bertz CT molecular complexity index is 1150. The van der Waals surface area contributed by atoms with Gasteiger partial charge in [-0.3, -0.25) is 9.59 Å². The average Bonchev–Trinajstić information content (AvgIpc) is 2.81. The molecule has 6 nitrogen and oxygen atoms in total. The van der Waals surface area contributed by atoms with Crippen LogP contribution in [0.5, 0.6) is 0 Å². The topological polar surface area (TPSA) is 67.2 Å². The summed E-state index contributed by atoms with van der Waals surface area (Å²) in [7, 11) is 0. The Labute approximate surface area is 190 Å². The first-order chi connectivity index (χ1) is 15.5. The summed E-state index contributed by atoms with van der Waals surface area (Å²) in [5.74, 6) is -0.754. The Balaban J connectivity index is 1.37. The Morgan fingerprint density at radius 2 is 1.97 bits per heavy atom. The summed E-state index contributed by atoms with van der Waals surface area (Å²) in [5, 5.41) is 7.27. The number of nitrogens with zero attached hydrogens (tertiary/aromatic N) is 3. The lowest BCUT2D eigenvalue weighted by Crippen LogP contribution is -2.43. The minimum atomic E-state index is -0.482. The Morgan fingerprint density at radius 3 is 2.72 bits per heavy atom. The molecule has 32 heavy (non-hydrogen) atoms. The second kappa shape index (κ2) is 9.96. The quantitative estimate of drug-likeness (QED) is 0.617. The van der Waals surface area contributed by atoms with Crippen molar-refractivity contribution in [2.45, 2.75) is 25.9 Å². The monoisotopic (exact) mass is 454 g/mol. The molecule has 0 bridgehead atoms. The molecular formula is C24H24ClFN4O2. The van der Waals surface area contributed by atoms with Gasteiger partial charge in [0.05, 0.1) is 29.4 Å². The van der Waals surface area contributed by atoms with Crippen LogP contribution in [0.2, 0.25) is 5.02 Å². The van der Waals surface area contributed by atoms with Gasteiger partial charge in [-0.05, 0) is 36.1 Å². The molecule has 1 aromatic heterocycles. The molecule has 1 amide bonds. The van der Waals surface area contributed by atoms with Crippen LogP contribution in [0.1, 0.15) is 24.0 Å². The summed E-state index contributed by atoms with van der Waals surface area (Å²) >= 11 is 5.81. The molecule has 2 aromatic carbocycles. The first kappa shape index (κ1) is 22.0. The van der Waals surface area contributed by atoms with Gasteiger partial charge in [0.15, 0.2) is 0 Å². The van der Waals surface area contributed by atoms with Crippen LogP contribution in [0.3, 0.4) is 0 Å². The number of aromatic nitrogens is 2. The zero-order valence-corrected chi connectivity index (χ0v) is 18.3. The molecule has 1 saturated heterocycles. The number of hydrogen-bond acceptors (Lipinski definition) is 4. The van der Waals surface area contributed by atoms with Crippen molar-refractivity contribution in [2.75, 3.05) is 18.0 Å². The molecule has 0 saturated carbocycles. The highest BCUT2D eigenvalue weighted by molar-refractivity contribution is 6.30. The van der Waals surface area contributed by atoms with E-state index in [4.69, 9.17) is 11.6 Å². The number of benzene rings is 2. The number of carbonyl (C=O) groups excluding carboxylic acids is 1. The number of piperidine rings is 1. The van der Waals surface area contributed by atoms with Gasteiger partial charge in [-0.25, -0.2) is 9.07 Å². The normalized spacial score (nSPS) is 16.1. The van der Waals surface area contributed by atoms with Crippen LogP contribution in [-0.2, 0) is 17.9 Å². The van der Waals surface area contributed by atoms with Crippen molar-refractivity contribution in [1.29, 1.82) is 0 Å². The number of halogens is 2. The molecule has 0 radical (unpaired) electrons. The van der Waals surface area contributed by atoms with Crippen LogP contribution in [0.4, 0.5) is 10.1 Å². The molecule has 4 rings (SSSR count). The maximum Gasteiger partial charge on any atom is 0.269 e. The summed E-state index contributed by atoms with van der Waals surface area (Å²) in [6.45, 7) is 1.98. The number of rotatable bonds is 6. The summed E-state index contributed by atoms with van der Waals surface area (Å²) in [6, 6.07) is 15.7. The maximum atomic E-state index is 13.3. The van der Waals surface area contributed by atoms with Gasteiger partial charge < -0.3 is 10.2 Å². The van der Waals surface area contributed by atoms with Gasteiger partial charge in [-0.15, -0.1) is 0 Å². The van der Waals surface area contributed by atoms with E-state index in [2.05, 4.69) is 10.4 Å². The van der Waals surface area contributed by atoms with E-state index in [1.165, 1.54) is 16.8 Å². The predicted molar refractivity (Wildman–Crippen MR) is 122 cm³/mol. The zero-order chi connectivity index (χ0) is 22.5. The van der Waals surface area contributed by atoms with Crippen molar-refractivity contribution in [1.82, 2.24) is 15.1 Å². The van der Waals surface area contributed by atoms with Gasteiger partial charge in [-0.1, -0.05) is 48.0 Å². The second-order valence-corrected chi connectivity index (χ2v) is 8.35. The fourth-order valence-corrected chi connectivity index (χ4v) is 4.08. The van der Waals surface area contributed by atoms with Gasteiger partial charge in [0.1, 0.15) is 5.82 Å². The van der Waals surface area contributed by atoms with Crippen molar-refractivity contribution < 1.29 is 9.18 Å². The molecular weight excluding hydrogens is 431 g/mol. The summed E-state index contributed by atoms with van der Waals surface area (Å²) in [5.41, 5.74) is 2.30. The number of amides is 1. The van der Waals surface area contributed by atoms with E-state index in [0.717, 1.165) is 36.2 Å². The number of nitrogens with one attached hydrogen (secondary N) is 1. The van der Waals surface area contributed by atoms with E-state index in [1.54, 1.807) is 18.3 Å². The third-order valence-electron chi connectivity index (χ3n) is 5.64. The minimum absolute atomic E-state index is 0.0371. The Kier molecular flexibility index (Phi) is 6.85. The van der Waals surface area contributed by atoms with Crippen molar-refractivity contribution in [3.8, 4) is 0 Å². The highest BCUT2D eigenvalue weighted by Crippen LogP contribution is 2.22. The van der Waals surface area contributed by atoms with E-state index in [1.807, 2.05) is 35.2 Å². The number of anilines is 1. The molecule has 2 heterocycles. The molecule has 1 aliphatic heterocycles. The lowest BCUT2D eigenvalue weighted by Gasteiger charge is -2.33. The molecule has 166 valence electrons. The van der Waals surface area contributed by atoms with Crippen LogP contribution >= 0.6 is 11.6 Å². The van der Waals surface area contributed by atoms with Crippen LogP contribution in [0.15, 0.2) is 65.6 Å². The lowest BCUT2D eigenvalue weighted by molar-refractivity contribution is -0.125. The highest BCUT2D eigenvalue weighted by Gasteiger charge is 2.26. The molecule has 1 aliphatic rings. The molecule has 8 heteroatoms. The third-order valence-corrected chi connectivity index (χ3v) is 5.93. The third kappa shape index (κ3) is 5.34. The lowest BCUT2D eigenvalue weighted by atomic mass is 9.96. The first-order valence-corrected chi connectivity index (χ1v) is 10.9. The maximum absolute atomic E-state index is 13.3. The second-order valence-electron chi connectivity index (χ2n) is 7.95. The van der Waals surface area contributed by atoms with E-state index in [9.17, 15) is 14.0 Å². The molecule has 1 unspecified atom stereocenters. The number of hydrogen-bond donors (Lipinski definition) is 1. The summed E-state index contributed by atoms with van der Waals surface area (Å²) in [4.78, 5) is 27.3. The van der Waals surface area contributed by atoms with Crippen LogP contribution in [0, 0.1) is 11.7 Å². The van der Waals surface area contributed by atoms with E-state index < -0.39 is 5.82 Å². The van der Waals surface area contributed by atoms with Crippen LogP contribution < -0.4 is 15.8 Å². The van der Waals surface area contributed by atoms with Gasteiger partial charge in [0, 0.05) is 25.7 Å². The molecule has 1 fully saturated rings. The van der Waals surface area contributed by atoms with Gasteiger partial charge in [0.2, 0.25) is 5.91 Å². The van der Waals surface area contributed by atoms with Crippen LogP contribution in [0.25, 0.3) is 0 Å². The van der Waals surface area contributed by atoms with Crippen molar-refractivity contribution in [2.24, 2.45) is 5.92 Å². The van der Waals surface area contributed by atoms with Gasteiger partial charge in [0.25, 0.3) is 5.56 Å². The number of carbonyl (C=O) groups is 1. The molecule has 1 atom stereocenters. The Morgan fingerprint density at radius 1 is 1.16 bits per heavy atom. The van der Waals surface area contributed by atoms with E-state index in [0.29, 0.717) is 13.1 Å². The first-order valence-electron chi connectivity index (χ1n) is 10.6. The molecule has 0 aliphatic carbocycles. The van der Waals surface area contributed by atoms with Crippen molar-refractivity contribution in [3.63, 3.8) is 0 Å².